The third kappa shape index (κ3) is 3.71. The molecule has 2 amide bonds. The van der Waals surface area contributed by atoms with Crippen LogP contribution in [0.2, 0.25) is 0 Å². The molecular formula is C24H29N7O2. The summed E-state index contributed by atoms with van der Waals surface area (Å²) in [6, 6.07) is 7.73. The normalized spacial score (nSPS) is 23.1. The number of pyridine rings is 1. The summed E-state index contributed by atoms with van der Waals surface area (Å²) in [5, 5.41) is 11.2. The van der Waals surface area contributed by atoms with Crippen LogP contribution in [-0.4, -0.2) is 66.2 Å². The van der Waals surface area contributed by atoms with Crippen molar-refractivity contribution in [1.82, 2.24) is 34.8 Å². The van der Waals surface area contributed by atoms with E-state index in [-0.39, 0.29) is 23.8 Å². The van der Waals surface area contributed by atoms with Crippen molar-refractivity contribution < 1.29 is 9.59 Å². The van der Waals surface area contributed by atoms with Crippen molar-refractivity contribution in [3.63, 3.8) is 0 Å². The van der Waals surface area contributed by atoms with Gasteiger partial charge in [0.05, 0.1) is 5.41 Å². The Labute approximate surface area is 192 Å². The summed E-state index contributed by atoms with van der Waals surface area (Å²) >= 11 is 0. The Balaban J connectivity index is 1.52. The number of H-pyrrole nitrogens is 1. The lowest BCUT2D eigenvalue weighted by Crippen LogP contribution is -2.52. The van der Waals surface area contributed by atoms with Crippen molar-refractivity contribution in [2.24, 2.45) is 5.41 Å². The third-order valence-corrected chi connectivity index (χ3v) is 6.97. The van der Waals surface area contributed by atoms with Crippen molar-refractivity contribution >= 4 is 11.8 Å². The van der Waals surface area contributed by atoms with Crippen molar-refractivity contribution in [3.8, 4) is 0 Å². The Morgan fingerprint density at radius 2 is 2.12 bits per heavy atom. The maximum atomic E-state index is 14.1. The van der Waals surface area contributed by atoms with Crippen molar-refractivity contribution in [2.45, 2.75) is 45.2 Å². The molecule has 2 atom stereocenters. The molecule has 2 aliphatic rings. The monoisotopic (exact) mass is 447 g/mol. The van der Waals surface area contributed by atoms with E-state index in [9.17, 15) is 9.59 Å². The standard InChI is InChI=1S/C24H29N7O2/c1-17(2)31-21(7-11-27-31)19-15-30(22(32)20-6-10-26-28-20)16-24(19)8-4-12-29(23(24)33)14-18-5-3-9-25-13-18/h3,5-7,9-11,13,17,19H,4,8,12,14-16H2,1-2H3,(H,26,28)/t19-,24+/m1/s1. The van der Waals surface area contributed by atoms with Gasteiger partial charge in [-0.3, -0.25) is 24.4 Å². The number of hydrogen-bond donors (Lipinski definition) is 1. The van der Waals surface area contributed by atoms with Gasteiger partial charge in [0.15, 0.2) is 0 Å². The predicted octanol–water partition coefficient (Wildman–Crippen LogP) is 2.63. The largest absolute Gasteiger partial charge is 0.338 e. The van der Waals surface area contributed by atoms with Crippen LogP contribution in [0, 0.1) is 5.41 Å². The van der Waals surface area contributed by atoms with E-state index in [1.165, 1.54) is 0 Å². The molecule has 0 bridgehead atoms. The summed E-state index contributed by atoms with van der Waals surface area (Å²) < 4.78 is 1.99. The van der Waals surface area contributed by atoms with E-state index in [1.54, 1.807) is 29.6 Å². The molecule has 2 aliphatic heterocycles. The van der Waals surface area contributed by atoms with Gasteiger partial charge in [-0.1, -0.05) is 6.07 Å². The van der Waals surface area contributed by atoms with Gasteiger partial charge < -0.3 is 9.80 Å². The first kappa shape index (κ1) is 21.4. The van der Waals surface area contributed by atoms with Gasteiger partial charge in [-0.2, -0.15) is 10.2 Å². The molecule has 9 heteroatoms. The Hall–Kier alpha value is -3.49. The fourth-order valence-corrected chi connectivity index (χ4v) is 5.46. The number of hydrogen-bond acceptors (Lipinski definition) is 5. The average molecular weight is 448 g/mol. The molecule has 5 rings (SSSR count). The predicted molar refractivity (Wildman–Crippen MR) is 121 cm³/mol. The summed E-state index contributed by atoms with van der Waals surface area (Å²) in [6.07, 6.45) is 8.56. The molecule has 33 heavy (non-hydrogen) atoms. The number of nitrogens with zero attached hydrogens (tertiary/aromatic N) is 6. The van der Waals surface area contributed by atoms with Crippen LogP contribution in [0.1, 0.15) is 60.4 Å². The van der Waals surface area contributed by atoms with Crippen LogP contribution in [0.4, 0.5) is 0 Å². The molecule has 1 spiro atoms. The molecular weight excluding hydrogens is 418 g/mol. The van der Waals surface area contributed by atoms with Crippen LogP contribution in [0.3, 0.4) is 0 Å². The Bertz CT molecular complexity index is 1120. The van der Waals surface area contributed by atoms with Gasteiger partial charge in [0.25, 0.3) is 5.91 Å². The molecule has 3 aromatic rings. The maximum Gasteiger partial charge on any atom is 0.271 e. The van der Waals surface area contributed by atoms with E-state index >= 15 is 0 Å². The number of aromatic nitrogens is 5. The molecule has 0 radical (unpaired) electrons. The Morgan fingerprint density at radius 1 is 1.24 bits per heavy atom. The summed E-state index contributed by atoms with van der Waals surface area (Å²) in [7, 11) is 0. The maximum absolute atomic E-state index is 14.1. The zero-order valence-corrected chi connectivity index (χ0v) is 19.0. The van der Waals surface area contributed by atoms with Gasteiger partial charge in [0.2, 0.25) is 5.91 Å². The van der Waals surface area contributed by atoms with Gasteiger partial charge in [-0.05, 0) is 50.5 Å². The molecule has 1 N–H and O–H groups in total. The second kappa shape index (κ2) is 8.46. The molecule has 0 aliphatic carbocycles. The summed E-state index contributed by atoms with van der Waals surface area (Å²) in [4.78, 5) is 35.3. The molecule has 5 heterocycles. The van der Waals surface area contributed by atoms with Gasteiger partial charge in [0.1, 0.15) is 5.69 Å². The van der Waals surface area contributed by atoms with Crippen molar-refractivity contribution in [1.29, 1.82) is 0 Å². The van der Waals surface area contributed by atoms with Crippen LogP contribution >= 0.6 is 0 Å². The van der Waals surface area contributed by atoms with Gasteiger partial charge in [-0.25, -0.2) is 0 Å². The molecule has 0 unspecified atom stereocenters. The summed E-state index contributed by atoms with van der Waals surface area (Å²) in [5.74, 6) is -0.139. The van der Waals surface area contributed by atoms with Crippen LogP contribution in [0.15, 0.2) is 49.1 Å². The highest BCUT2D eigenvalue weighted by Crippen LogP contribution is 2.50. The van der Waals surface area contributed by atoms with Crippen LogP contribution < -0.4 is 0 Å². The number of carbonyl (C=O) groups is 2. The third-order valence-electron chi connectivity index (χ3n) is 6.97. The zero-order valence-electron chi connectivity index (χ0n) is 19.0. The number of amides is 2. The molecule has 172 valence electrons. The summed E-state index contributed by atoms with van der Waals surface area (Å²) in [6.45, 7) is 6.27. The lowest BCUT2D eigenvalue weighted by molar-refractivity contribution is -0.147. The second-order valence-electron chi connectivity index (χ2n) is 9.35. The van der Waals surface area contributed by atoms with Crippen LogP contribution in [0.25, 0.3) is 0 Å². The highest BCUT2D eigenvalue weighted by atomic mass is 16.2. The lowest BCUT2D eigenvalue weighted by atomic mass is 9.70. The minimum absolute atomic E-state index is 0.110. The summed E-state index contributed by atoms with van der Waals surface area (Å²) in [5.41, 5.74) is 1.79. The molecule has 2 fully saturated rings. The molecule has 2 saturated heterocycles. The zero-order chi connectivity index (χ0) is 23.0. The van der Waals surface area contributed by atoms with E-state index < -0.39 is 5.41 Å². The quantitative estimate of drug-likeness (QED) is 0.648. The number of piperidine rings is 1. The molecule has 0 saturated carbocycles. The van der Waals surface area contributed by atoms with Crippen molar-refractivity contribution in [3.05, 3.63) is 66.0 Å². The average Bonchev–Trinajstić information content (AvgIpc) is 3.57. The minimum Gasteiger partial charge on any atom is -0.338 e. The highest BCUT2D eigenvalue weighted by Gasteiger charge is 2.57. The first-order valence-corrected chi connectivity index (χ1v) is 11.5. The topological polar surface area (TPSA) is 100 Å². The number of nitrogens with one attached hydrogen (secondary N) is 1. The van der Waals surface area contributed by atoms with Crippen molar-refractivity contribution in [2.75, 3.05) is 19.6 Å². The molecule has 0 aromatic carbocycles. The molecule has 9 nitrogen and oxygen atoms in total. The fraction of sp³-hybridized carbons (Fsp3) is 0.458. The highest BCUT2D eigenvalue weighted by molar-refractivity contribution is 5.94. The number of carbonyl (C=O) groups excluding carboxylic acids is 2. The van der Waals surface area contributed by atoms with E-state index in [4.69, 9.17) is 0 Å². The Morgan fingerprint density at radius 3 is 2.85 bits per heavy atom. The second-order valence-corrected chi connectivity index (χ2v) is 9.35. The van der Waals surface area contributed by atoms with E-state index in [0.29, 0.717) is 31.9 Å². The fourth-order valence-electron chi connectivity index (χ4n) is 5.46. The minimum atomic E-state index is -0.678. The number of likely N-dealkylation sites (tertiary alicyclic amines) is 2. The molecule has 3 aromatic heterocycles. The van der Waals surface area contributed by atoms with Gasteiger partial charge in [-0.15, -0.1) is 0 Å². The van der Waals surface area contributed by atoms with Crippen LogP contribution in [-0.2, 0) is 11.3 Å². The van der Waals surface area contributed by atoms with Gasteiger partial charge >= 0.3 is 0 Å². The number of rotatable bonds is 5. The first-order valence-electron chi connectivity index (χ1n) is 11.5. The first-order chi connectivity index (χ1) is 16.0. The number of aromatic amines is 1. The van der Waals surface area contributed by atoms with Gasteiger partial charge in [0, 0.05) is 68.6 Å². The lowest BCUT2D eigenvalue weighted by Gasteiger charge is -2.42. The smallest absolute Gasteiger partial charge is 0.271 e. The van der Waals surface area contributed by atoms with E-state index in [1.807, 2.05) is 34.0 Å². The van der Waals surface area contributed by atoms with E-state index in [0.717, 1.165) is 24.1 Å². The Kier molecular flexibility index (Phi) is 5.47. The van der Waals surface area contributed by atoms with E-state index in [2.05, 4.69) is 34.1 Å². The van der Waals surface area contributed by atoms with Crippen LogP contribution in [0.5, 0.6) is 0 Å². The SMILES string of the molecule is CC(C)n1nccc1[C@H]1CN(C(=O)c2ccn[nH]2)C[C@@]12CCCN(Cc1cccnc1)C2=O.